The highest BCUT2D eigenvalue weighted by Gasteiger charge is 2.50. The van der Waals surface area contributed by atoms with Gasteiger partial charge in [0.25, 0.3) is 11.2 Å². The van der Waals surface area contributed by atoms with Gasteiger partial charge in [0.2, 0.25) is 0 Å². The Morgan fingerprint density at radius 3 is 2.40 bits per heavy atom. The molecule has 1 rings (SSSR count). The molecular formula is C8H10N2O5. The molecule has 7 nitrogen and oxygen atoms in total. The molecule has 2 unspecified atom stereocenters. The molecule has 0 amide bonds. The SMILES string of the molecule is CC1C([N+](=O)[O-])=C(O)C=CC1(C)[N+](=O)[O-]. The van der Waals surface area contributed by atoms with Gasteiger partial charge in [-0.1, -0.05) is 0 Å². The van der Waals surface area contributed by atoms with E-state index in [4.69, 9.17) is 0 Å². The number of nitro groups is 2. The molecule has 1 aliphatic rings. The van der Waals surface area contributed by atoms with Crippen LogP contribution >= 0.6 is 0 Å². The van der Waals surface area contributed by atoms with Crippen molar-refractivity contribution in [1.82, 2.24) is 0 Å². The Hall–Kier alpha value is -1.92. The molecule has 0 saturated carbocycles. The van der Waals surface area contributed by atoms with Crippen molar-refractivity contribution in [3.05, 3.63) is 43.8 Å². The lowest BCUT2D eigenvalue weighted by molar-refractivity contribution is -0.567. The van der Waals surface area contributed by atoms with Crippen LogP contribution in [0.15, 0.2) is 23.6 Å². The summed E-state index contributed by atoms with van der Waals surface area (Å²) in [4.78, 5) is 20.0. The summed E-state index contributed by atoms with van der Waals surface area (Å²) in [6.45, 7) is 2.63. The minimum absolute atomic E-state index is 0.517. The van der Waals surface area contributed by atoms with Crippen molar-refractivity contribution in [3.63, 3.8) is 0 Å². The molecule has 7 heteroatoms. The average molecular weight is 214 g/mol. The summed E-state index contributed by atoms with van der Waals surface area (Å²) < 4.78 is 0. The molecule has 15 heavy (non-hydrogen) atoms. The quantitative estimate of drug-likeness (QED) is 0.550. The lowest BCUT2D eigenvalue weighted by atomic mass is 9.81. The summed E-state index contributed by atoms with van der Waals surface area (Å²) in [5, 5.41) is 30.7. The Kier molecular flexibility index (Phi) is 2.48. The van der Waals surface area contributed by atoms with Gasteiger partial charge in [0.1, 0.15) is 5.92 Å². The van der Waals surface area contributed by atoms with Crippen LogP contribution in [-0.4, -0.2) is 20.5 Å². The number of rotatable bonds is 2. The van der Waals surface area contributed by atoms with E-state index in [0.29, 0.717) is 0 Å². The molecule has 0 heterocycles. The molecule has 0 aromatic heterocycles. The molecule has 0 spiro atoms. The van der Waals surface area contributed by atoms with E-state index in [9.17, 15) is 25.3 Å². The molecular weight excluding hydrogens is 204 g/mol. The van der Waals surface area contributed by atoms with Gasteiger partial charge < -0.3 is 5.11 Å². The van der Waals surface area contributed by atoms with Gasteiger partial charge in [-0.25, -0.2) is 0 Å². The van der Waals surface area contributed by atoms with Crippen molar-refractivity contribution in [2.75, 3.05) is 0 Å². The highest BCUT2D eigenvalue weighted by atomic mass is 16.6. The van der Waals surface area contributed by atoms with Gasteiger partial charge >= 0.3 is 0 Å². The standard InChI is InChI=1S/C8H10N2O5/c1-5-7(9(12)13)6(11)3-4-8(5,2)10(14)15/h3-5,11H,1-2H3. The van der Waals surface area contributed by atoms with Crippen LogP contribution in [0.3, 0.4) is 0 Å². The largest absolute Gasteiger partial charge is 0.502 e. The Morgan fingerprint density at radius 1 is 1.47 bits per heavy atom. The maximum atomic E-state index is 10.8. The van der Waals surface area contributed by atoms with E-state index in [1.165, 1.54) is 19.9 Å². The molecule has 0 fully saturated rings. The van der Waals surface area contributed by atoms with E-state index in [2.05, 4.69) is 0 Å². The Balaban J connectivity index is 3.26. The molecule has 0 bridgehead atoms. The van der Waals surface area contributed by atoms with Gasteiger partial charge in [-0.05, 0) is 19.1 Å². The van der Waals surface area contributed by atoms with Crippen LogP contribution in [0.1, 0.15) is 13.8 Å². The second-order valence-corrected chi connectivity index (χ2v) is 3.57. The van der Waals surface area contributed by atoms with Crippen molar-refractivity contribution in [3.8, 4) is 0 Å². The molecule has 0 aliphatic heterocycles. The second kappa shape index (κ2) is 3.34. The summed E-state index contributed by atoms with van der Waals surface area (Å²) in [6.07, 6.45) is 2.17. The summed E-state index contributed by atoms with van der Waals surface area (Å²) in [6, 6.07) is 0. The van der Waals surface area contributed by atoms with Crippen molar-refractivity contribution in [2.24, 2.45) is 5.92 Å². The average Bonchev–Trinajstić information content (AvgIpc) is 2.11. The van der Waals surface area contributed by atoms with Crippen LogP contribution in [0.5, 0.6) is 0 Å². The highest BCUT2D eigenvalue weighted by molar-refractivity contribution is 5.27. The number of allylic oxidation sites excluding steroid dienone is 1. The first-order valence-electron chi connectivity index (χ1n) is 4.22. The van der Waals surface area contributed by atoms with E-state index in [1.54, 1.807) is 0 Å². The fraction of sp³-hybridized carbons (Fsp3) is 0.500. The van der Waals surface area contributed by atoms with E-state index >= 15 is 0 Å². The first-order chi connectivity index (χ1) is 6.80. The number of aliphatic hydroxyl groups is 1. The van der Waals surface area contributed by atoms with Crippen molar-refractivity contribution >= 4 is 0 Å². The van der Waals surface area contributed by atoms with Crippen LogP contribution in [0.4, 0.5) is 0 Å². The molecule has 2 atom stereocenters. The zero-order chi connectivity index (χ0) is 11.8. The minimum atomic E-state index is -1.55. The minimum Gasteiger partial charge on any atom is -0.502 e. The Labute approximate surface area is 85.0 Å². The zero-order valence-electron chi connectivity index (χ0n) is 8.21. The molecule has 0 aromatic carbocycles. The normalized spacial score (nSPS) is 30.4. The molecule has 0 aromatic rings. The number of hydrogen-bond donors (Lipinski definition) is 1. The molecule has 0 saturated heterocycles. The van der Waals surface area contributed by atoms with Gasteiger partial charge in [-0.2, -0.15) is 0 Å². The maximum absolute atomic E-state index is 10.8. The topological polar surface area (TPSA) is 107 Å². The fourth-order valence-corrected chi connectivity index (χ4v) is 1.45. The lowest BCUT2D eigenvalue weighted by Crippen LogP contribution is -2.43. The molecule has 1 N–H and O–H groups in total. The van der Waals surface area contributed by atoms with Crippen LogP contribution < -0.4 is 0 Å². The second-order valence-electron chi connectivity index (χ2n) is 3.57. The predicted molar refractivity (Wildman–Crippen MR) is 50.4 cm³/mol. The van der Waals surface area contributed by atoms with Crippen LogP contribution in [-0.2, 0) is 0 Å². The Morgan fingerprint density at radius 2 is 2.00 bits per heavy atom. The zero-order valence-corrected chi connectivity index (χ0v) is 8.21. The highest BCUT2D eigenvalue weighted by Crippen LogP contribution is 2.34. The van der Waals surface area contributed by atoms with Gasteiger partial charge in [0.15, 0.2) is 5.76 Å². The van der Waals surface area contributed by atoms with Gasteiger partial charge in [0, 0.05) is 11.8 Å². The van der Waals surface area contributed by atoms with E-state index < -0.39 is 32.8 Å². The van der Waals surface area contributed by atoms with Gasteiger partial charge in [-0.3, -0.25) is 20.2 Å². The first kappa shape index (κ1) is 11.2. The lowest BCUT2D eigenvalue weighted by Gasteiger charge is -2.24. The van der Waals surface area contributed by atoms with Gasteiger partial charge in [0.05, 0.1) is 4.92 Å². The number of nitrogens with zero attached hydrogens (tertiary/aromatic N) is 2. The smallest absolute Gasteiger partial charge is 0.297 e. The fourth-order valence-electron chi connectivity index (χ4n) is 1.45. The van der Waals surface area contributed by atoms with Crippen LogP contribution in [0.2, 0.25) is 0 Å². The monoisotopic (exact) mass is 214 g/mol. The summed E-state index contributed by atoms with van der Waals surface area (Å²) in [7, 11) is 0. The summed E-state index contributed by atoms with van der Waals surface area (Å²) in [5.74, 6) is -1.50. The third-order valence-electron chi connectivity index (χ3n) is 2.72. The van der Waals surface area contributed by atoms with Crippen LogP contribution in [0, 0.1) is 26.1 Å². The predicted octanol–water partition coefficient (Wildman–Crippen LogP) is 1.27. The molecule has 0 radical (unpaired) electrons. The van der Waals surface area contributed by atoms with Crippen LogP contribution in [0.25, 0.3) is 0 Å². The van der Waals surface area contributed by atoms with Gasteiger partial charge in [-0.15, -0.1) is 0 Å². The first-order valence-corrected chi connectivity index (χ1v) is 4.22. The summed E-state index contributed by atoms with van der Waals surface area (Å²) >= 11 is 0. The maximum Gasteiger partial charge on any atom is 0.297 e. The third-order valence-corrected chi connectivity index (χ3v) is 2.72. The van der Waals surface area contributed by atoms with Crippen molar-refractivity contribution < 1.29 is 15.0 Å². The van der Waals surface area contributed by atoms with Crippen molar-refractivity contribution in [2.45, 2.75) is 19.4 Å². The van der Waals surface area contributed by atoms with E-state index in [-0.39, 0.29) is 0 Å². The van der Waals surface area contributed by atoms with E-state index in [1.807, 2.05) is 0 Å². The number of hydrogen-bond acceptors (Lipinski definition) is 5. The van der Waals surface area contributed by atoms with Crippen molar-refractivity contribution in [1.29, 1.82) is 0 Å². The van der Waals surface area contributed by atoms with E-state index in [0.717, 1.165) is 6.08 Å². The molecule has 1 aliphatic carbocycles. The summed E-state index contributed by atoms with van der Waals surface area (Å²) in [5.41, 5.74) is -2.06. The Bertz CT molecular complexity index is 386. The molecule has 82 valence electrons. The number of aliphatic hydroxyl groups excluding tert-OH is 1. The third kappa shape index (κ3) is 1.56.